The fraction of sp³-hybridized carbons (Fsp3) is 1.00. The Morgan fingerprint density at radius 1 is 1.21 bits per heavy atom. The summed E-state index contributed by atoms with van der Waals surface area (Å²) in [5.41, 5.74) is 0. The highest BCUT2D eigenvalue weighted by Crippen LogP contribution is 2.33. The van der Waals surface area contributed by atoms with Gasteiger partial charge in [-0.2, -0.15) is 0 Å². The minimum absolute atomic E-state index is 0.658. The highest BCUT2D eigenvalue weighted by atomic mass is 16.5. The maximum Gasteiger partial charge on any atom is 0.0489 e. The molecule has 0 aromatic carbocycles. The van der Waals surface area contributed by atoms with Crippen LogP contribution in [0.5, 0.6) is 0 Å². The van der Waals surface area contributed by atoms with Crippen LogP contribution in [0.2, 0.25) is 0 Å². The van der Waals surface area contributed by atoms with Gasteiger partial charge >= 0.3 is 0 Å². The molecule has 3 heteroatoms. The Hall–Kier alpha value is -0.120. The molecule has 0 saturated carbocycles. The normalized spacial score (nSPS) is 31.9. The highest BCUT2D eigenvalue weighted by Gasteiger charge is 2.37. The molecular weight excluding hydrogens is 236 g/mol. The monoisotopic (exact) mass is 268 g/mol. The fourth-order valence-corrected chi connectivity index (χ4v) is 3.75. The largest absolute Gasteiger partial charge is 0.381 e. The van der Waals surface area contributed by atoms with E-state index in [1.54, 1.807) is 0 Å². The summed E-state index contributed by atoms with van der Waals surface area (Å²) in [4.78, 5) is 2.79. The zero-order chi connectivity index (χ0) is 13.7. The van der Waals surface area contributed by atoms with Crippen LogP contribution in [0.3, 0.4) is 0 Å². The molecule has 0 spiro atoms. The van der Waals surface area contributed by atoms with Crippen molar-refractivity contribution in [2.75, 3.05) is 26.8 Å². The molecule has 19 heavy (non-hydrogen) atoms. The molecular formula is C16H32N2O. The van der Waals surface area contributed by atoms with Crippen molar-refractivity contribution in [3.8, 4) is 0 Å². The van der Waals surface area contributed by atoms with E-state index in [9.17, 15) is 0 Å². The maximum absolute atomic E-state index is 5.71. The lowest BCUT2D eigenvalue weighted by molar-refractivity contribution is 0.0154. The third-order valence-electron chi connectivity index (χ3n) is 4.69. The standard InChI is InChI=1S/C16H32N2O/c1-13(2)12-19-9-5-8-18-15-6-4-7-16(18)11-14(10-15)17-3/h13-17H,4-12H2,1-3H3. The zero-order valence-electron chi connectivity index (χ0n) is 13.0. The number of fused-ring (bicyclic) bond motifs is 2. The summed E-state index contributed by atoms with van der Waals surface area (Å²) >= 11 is 0. The summed E-state index contributed by atoms with van der Waals surface area (Å²) in [5.74, 6) is 0.658. The molecule has 2 aliphatic heterocycles. The Bertz CT molecular complexity index is 243. The topological polar surface area (TPSA) is 24.5 Å². The molecule has 2 heterocycles. The van der Waals surface area contributed by atoms with Gasteiger partial charge in [0.2, 0.25) is 0 Å². The van der Waals surface area contributed by atoms with Crippen LogP contribution < -0.4 is 5.32 Å². The summed E-state index contributed by atoms with van der Waals surface area (Å²) in [5, 5.41) is 3.49. The molecule has 2 fully saturated rings. The molecule has 0 amide bonds. The van der Waals surface area contributed by atoms with Gasteiger partial charge in [-0.05, 0) is 45.1 Å². The molecule has 0 aromatic heterocycles. The third kappa shape index (κ3) is 4.44. The van der Waals surface area contributed by atoms with E-state index in [-0.39, 0.29) is 0 Å². The summed E-state index contributed by atoms with van der Waals surface area (Å²) in [7, 11) is 2.12. The predicted octanol–water partition coefficient (Wildman–Crippen LogP) is 2.65. The van der Waals surface area contributed by atoms with E-state index in [1.807, 2.05) is 0 Å². The number of hydrogen-bond acceptors (Lipinski definition) is 3. The van der Waals surface area contributed by atoms with Crippen LogP contribution in [0, 0.1) is 5.92 Å². The summed E-state index contributed by atoms with van der Waals surface area (Å²) < 4.78 is 5.71. The number of ether oxygens (including phenoxy) is 1. The molecule has 2 rings (SSSR count). The molecule has 0 radical (unpaired) electrons. The average Bonchev–Trinajstić information content (AvgIpc) is 2.37. The van der Waals surface area contributed by atoms with Crippen LogP contribution in [0.1, 0.15) is 52.4 Å². The molecule has 0 aliphatic carbocycles. The molecule has 3 nitrogen and oxygen atoms in total. The Morgan fingerprint density at radius 3 is 2.47 bits per heavy atom. The van der Waals surface area contributed by atoms with E-state index in [1.165, 1.54) is 45.1 Å². The van der Waals surface area contributed by atoms with Gasteiger partial charge in [-0.3, -0.25) is 4.90 Å². The van der Waals surface area contributed by atoms with Gasteiger partial charge in [-0.25, -0.2) is 0 Å². The minimum atomic E-state index is 0.658. The van der Waals surface area contributed by atoms with Gasteiger partial charge in [-0.15, -0.1) is 0 Å². The molecule has 0 aromatic rings. The molecule has 2 unspecified atom stereocenters. The summed E-state index contributed by atoms with van der Waals surface area (Å²) in [6, 6.07) is 2.41. The third-order valence-corrected chi connectivity index (χ3v) is 4.69. The second kappa shape index (κ2) is 7.61. The number of nitrogens with zero attached hydrogens (tertiary/aromatic N) is 1. The Kier molecular flexibility index (Phi) is 6.11. The smallest absolute Gasteiger partial charge is 0.0489 e. The van der Waals surface area contributed by atoms with E-state index in [0.717, 1.165) is 31.3 Å². The quantitative estimate of drug-likeness (QED) is 0.718. The van der Waals surface area contributed by atoms with E-state index in [4.69, 9.17) is 4.74 Å². The first-order valence-electron chi connectivity index (χ1n) is 8.21. The molecule has 2 bridgehead atoms. The van der Waals surface area contributed by atoms with Crippen LogP contribution in [0.25, 0.3) is 0 Å². The van der Waals surface area contributed by atoms with Crippen molar-refractivity contribution in [1.29, 1.82) is 0 Å². The second-order valence-corrected chi connectivity index (χ2v) is 6.76. The lowest BCUT2D eigenvalue weighted by Gasteiger charge is -2.49. The van der Waals surface area contributed by atoms with Gasteiger partial charge < -0.3 is 10.1 Å². The van der Waals surface area contributed by atoms with Crippen molar-refractivity contribution in [3.63, 3.8) is 0 Å². The van der Waals surface area contributed by atoms with Crippen LogP contribution in [-0.2, 0) is 4.74 Å². The van der Waals surface area contributed by atoms with Crippen LogP contribution >= 0.6 is 0 Å². The van der Waals surface area contributed by atoms with E-state index >= 15 is 0 Å². The van der Waals surface area contributed by atoms with Gasteiger partial charge in [-0.1, -0.05) is 20.3 Å². The lowest BCUT2D eigenvalue weighted by atomic mass is 9.81. The number of hydrogen-bond donors (Lipinski definition) is 1. The Labute approximate surface area is 119 Å². The number of piperidine rings is 2. The summed E-state index contributed by atoms with van der Waals surface area (Å²) in [6.07, 6.45) is 8.14. The van der Waals surface area contributed by atoms with Crippen molar-refractivity contribution in [2.24, 2.45) is 5.92 Å². The van der Waals surface area contributed by atoms with E-state index < -0.39 is 0 Å². The molecule has 2 atom stereocenters. The van der Waals surface area contributed by atoms with Gasteiger partial charge in [0.1, 0.15) is 0 Å². The zero-order valence-corrected chi connectivity index (χ0v) is 13.0. The van der Waals surface area contributed by atoms with Crippen molar-refractivity contribution in [1.82, 2.24) is 10.2 Å². The van der Waals surface area contributed by atoms with E-state index in [2.05, 4.69) is 31.1 Å². The molecule has 112 valence electrons. The van der Waals surface area contributed by atoms with Crippen LogP contribution in [0.4, 0.5) is 0 Å². The van der Waals surface area contributed by atoms with Gasteiger partial charge in [0, 0.05) is 37.9 Å². The summed E-state index contributed by atoms with van der Waals surface area (Å²) in [6.45, 7) is 7.52. The second-order valence-electron chi connectivity index (χ2n) is 6.76. The first-order chi connectivity index (χ1) is 9.20. The molecule has 2 aliphatic rings. The van der Waals surface area contributed by atoms with Crippen molar-refractivity contribution in [2.45, 2.75) is 70.5 Å². The average molecular weight is 268 g/mol. The van der Waals surface area contributed by atoms with E-state index in [0.29, 0.717) is 5.92 Å². The first kappa shape index (κ1) is 15.3. The Morgan fingerprint density at radius 2 is 1.89 bits per heavy atom. The lowest BCUT2D eigenvalue weighted by Crippen LogP contribution is -2.56. The number of rotatable bonds is 7. The van der Waals surface area contributed by atoms with Crippen molar-refractivity contribution in [3.05, 3.63) is 0 Å². The SMILES string of the molecule is CNC1CC2CCCC(C1)N2CCCOCC(C)C. The Balaban J connectivity index is 1.71. The predicted molar refractivity (Wildman–Crippen MR) is 80.5 cm³/mol. The highest BCUT2D eigenvalue weighted by molar-refractivity contribution is 4.94. The first-order valence-corrected chi connectivity index (χ1v) is 8.21. The van der Waals surface area contributed by atoms with Crippen LogP contribution in [-0.4, -0.2) is 49.8 Å². The minimum Gasteiger partial charge on any atom is -0.381 e. The number of nitrogens with one attached hydrogen (secondary N) is 1. The molecule has 1 N–H and O–H groups in total. The maximum atomic E-state index is 5.71. The van der Waals surface area contributed by atoms with Gasteiger partial charge in [0.15, 0.2) is 0 Å². The molecule has 2 saturated heterocycles. The fourth-order valence-electron chi connectivity index (χ4n) is 3.75. The van der Waals surface area contributed by atoms with Crippen LogP contribution in [0.15, 0.2) is 0 Å². The van der Waals surface area contributed by atoms with Crippen molar-refractivity contribution >= 4 is 0 Å². The van der Waals surface area contributed by atoms with Crippen molar-refractivity contribution < 1.29 is 4.74 Å². The van der Waals surface area contributed by atoms with Gasteiger partial charge in [0.25, 0.3) is 0 Å². The van der Waals surface area contributed by atoms with Gasteiger partial charge in [0.05, 0.1) is 0 Å².